The molecule has 0 aromatic carbocycles. The van der Waals surface area contributed by atoms with E-state index in [-0.39, 0.29) is 6.61 Å². The van der Waals surface area contributed by atoms with Gasteiger partial charge in [-0.2, -0.15) is 0 Å². The van der Waals surface area contributed by atoms with Crippen LogP contribution in [0, 0.1) is 0 Å². The van der Waals surface area contributed by atoms with Crippen molar-refractivity contribution < 1.29 is 20.1 Å². The Hall–Kier alpha value is -1.43. The number of hydrogen-bond donors (Lipinski definition) is 4. The molecule has 5 heteroatoms. The number of unbranched alkanes of at least 4 members (excludes halogenated alkanes) is 48. The van der Waals surface area contributed by atoms with E-state index in [2.05, 4.69) is 43.5 Å². The molecule has 0 saturated heterocycles. The molecular formula is C66H127NO4. The first kappa shape index (κ1) is 69.6. The predicted molar refractivity (Wildman–Crippen MR) is 314 cm³/mol. The summed E-state index contributed by atoms with van der Waals surface area (Å²) < 4.78 is 0. The summed E-state index contributed by atoms with van der Waals surface area (Å²) in [5.41, 5.74) is 0. The highest BCUT2D eigenvalue weighted by atomic mass is 16.3. The van der Waals surface area contributed by atoms with Crippen LogP contribution in [0.25, 0.3) is 0 Å². The number of hydrogen-bond acceptors (Lipinski definition) is 4. The number of rotatable bonds is 60. The van der Waals surface area contributed by atoms with Crippen LogP contribution in [0.5, 0.6) is 0 Å². The molecule has 4 N–H and O–H groups in total. The largest absolute Gasteiger partial charge is 0.394 e. The van der Waals surface area contributed by atoms with Crippen LogP contribution in [0.15, 0.2) is 36.5 Å². The summed E-state index contributed by atoms with van der Waals surface area (Å²) in [5.74, 6) is -0.507. The van der Waals surface area contributed by atoms with Crippen molar-refractivity contribution in [3.8, 4) is 0 Å². The Kier molecular flexibility index (Phi) is 59.9. The molecule has 0 saturated carbocycles. The fourth-order valence-corrected chi connectivity index (χ4v) is 10.2. The SMILES string of the molecule is CCCCCCCCCCCCCCCC/C=C\CCCCCCCCCCCCCCCCCCC(O)C(=O)NC(CO)C(O)/C=C/CC/C=C/CCCCCCCCCCCCCCCCCCC. The Morgan fingerprint density at radius 2 is 0.577 bits per heavy atom. The van der Waals surface area contributed by atoms with E-state index in [0.29, 0.717) is 6.42 Å². The Bertz CT molecular complexity index is 1100. The van der Waals surface area contributed by atoms with Crippen molar-refractivity contribution in [3.05, 3.63) is 36.5 Å². The van der Waals surface area contributed by atoms with Gasteiger partial charge in [-0.3, -0.25) is 4.79 Å². The molecule has 0 aliphatic rings. The topological polar surface area (TPSA) is 89.8 Å². The van der Waals surface area contributed by atoms with Crippen LogP contribution in [-0.4, -0.2) is 46.1 Å². The van der Waals surface area contributed by atoms with Gasteiger partial charge in [-0.15, -0.1) is 0 Å². The van der Waals surface area contributed by atoms with Gasteiger partial charge in [0.2, 0.25) is 5.91 Å². The summed E-state index contributed by atoms with van der Waals surface area (Å²) >= 11 is 0. The zero-order valence-electron chi connectivity index (χ0n) is 48.1. The molecule has 0 aliphatic heterocycles. The van der Waals surface area contributed by atoms with Crippen molar-refractivity contribution in [2.75, 3.05) is 6.61 Å². The normalized spacial score (nSPS) is 13.4. The van der Waals surface area contributed by atoms with E-state index in [0.717, 1.165) is 38.5 Å². The van der Waals surface area contributed by atoms with Crippen LogP contribution in [0.3, 0.4) is 0 Å². The van der Waals surface area contributed by atoms with Crippen molar-refractivity contribution in [2.45, 2.75) is 372 Å². The molecule has 1 amide bonds. The van der Waals surface area contributed by atoms with Gasteiger partial charge in [0.15, 0.2) is 0 Å². The highest BCUT2D eigenvalue weighted by molar-refractivity contribution is 5.80. The van der Waals surface area contributed by atoms with Crippen molar-refractivity contribution >= 4 is 5.91 Å². The lowest BCUT2D eigenvalue weighted by atomic mass is 10.0. The van der Waals surface area contributed by atoms with E-state index in [1.54, 1.807) is 6.08 Å². The van der Waals surface area contributed by atoms with Crippen molar-refractivity contribution in [3.63, 3.8) is 0 Å². The molecule has 0 radical (unpaired) electrons. The summed E-state index contributed by atoms with van der Waals surface area (Å²) in [5, 5.41) is 33.4. The van der Waals surface area contributed by atoms with E-state index in [9.17, 15) is 20.1 Å². The van der Waals surface area contributed by atoms with E-state index >= 15 is 0 Å². The number of allylic oxidation sites excluding steroid dienone is 5. The fourth-order valence-electron chi connectivity index (χ4n) is 10.2. The molecule has 3 unspecified atom stereocenters. The predicted octanol–water partition coefficient (Wildman–Crippen LogP) is 20.6. The van der Waals surface area contributed by atoms with Crippen molar-refractivity contribution in [1.29, 1.82) is 0 Å². The monoisotopic (exact) mass is 998 g/mol. The van der Waals surface area contributed by atoms with Gasteiger partial charge in [0.1, 0.15) is 6.10 Å². The highest BCUT2D eigenvalue weighted by Crippen LogP contribution is 2.18. The quantitative estimate of drug-likeness (QED) is 0.0361. The molecule has 0 aromatic rings. The smallest absolute Gasteiger partial charge is 0.249 e. The first-order valence-corrected chi connectivity index (χ1v) is 32.3. The van der Waals surface area contributed by atoms with Gasteiger partial charge in [0.05, 0.1) is 18.8 Å². The molecule has 0 rings (SSSR count). The van der Waals surface area contributed by atoms with E-state index in [1.165, 1.54) is 295 Å². The third-order valence-corrected chi connectivity index (χ3v) is 15.2. The average Bonchev–Trinajstić information content (AvgIpc) is 3.38. The molecule has 0 bridgehead atoms. The van der Waals surface area contributed by atoms with E-state index < -0.39 is 24.2 Å². The summed E-state index contributed by atoms with van der Waals surface area (Å²) in [6.07, 6.45) is 81.2. The van der Waals surface area contributed by atoms with Gasteiger partial charge >= 0.3 is 0 Å². The molecule has 71 heavy (non-hydrogen) atoms. The Balaban J connectivity index is 3.53. The van der Waals surface area contributed by atoms with E-state index in [4.69, 9.17) is 0 Å². The minimum atomic E-state index is -1.11. The molecule has 0 spiro atoms. The molecular weight excluding hydrogens is 871 g/mol. The molecule has 0 heterocycles. The standard InChI is InChI=1S/C66H127NO4/c1-3-5-7-9-11-13-15-17-19-21-23-25-27-28-29-30-31-32-33-34-35-36-37-39-41-43-45-47-49-51-53-55-57-59-61-65(70)66(71)67-63(62-68)64(69)60-58-56-54-52-50-48-46-44-42-40-38-26-24-22-20-18-16-14-12-10-8-6-4-2/h30-31,50,52,58,60,63-65,68-70H,3-29,32-49,51,53-57,59,61-62H2,1-2H3,(H,67,71)/b31-30-,52-50+,60-58+. The minimum absolute atomic E-state index is 0.374. The minimum Gasteiger partial charge on any atom is -0.394 e. The summed E-state index contributed by atoms with van der Waals surface area (Å²) in [4.78, 5) is 12.6. The number of aliphatic hydroxyl groups is 3. The molecule has 0 fully saturated rings. The maximum Gasteiger partial charge on any atom is 0.249 e. The summed E-state index contributed by atoms with van der Waals surface area (Å²) in [6.45, 7) is 4.22. The lowest BCUT2D eigenvalue weighted by Crippen LogP contribution is -2.48. The number of carbonyl (C=O) groups excluding carboxylic acids is 1. The second-order valence-corrected chi connectivity index (χ2v) is 22.3. The van der Waals surface area contributed by atoms with Gasteiger partial charge in [-0.05, 0) is 57.8 Å². The Morgan fingerprint density at radius 3 is 0.859 bits per heavy atom. The molecule has 3 atom stereocenters. The summed E-state index contributed by atoms with van der Waals surface area (Å²) in [7, 11) is 0. The summed E-state index contributed by atoms with van der Waals surface area (Å²) in [6, 6.07) is -0.815. The Labute approximate surface area is 444 Å². The second-order valence-electron chi connectivity index (χ2n) is 22.3. The number of amides is 1. The zero-order chi connectivity index (χ0) is 51.4. The Morgan fingerprint density at radius 1 is 0.338 bits per heavy atom. The van der Waals surface area contributed by atoms with E-state index in [1.807, 2.05) is 6.08 Å². The molecule has 0 aromatic heterocycles. The van der Waals surface area contributed by atoms with Gasteiger partial charge < -0.3 is 20.6 Å². The lowest BCUT2D eigenvalue weighted by molar-refractivity contribution is -0.131. The number of aliphatic hydroxyl groups excluding tert-OH is 3. The van der Waals surface area contributed by atoms with Crippen LogP contribution >= 0.6 is 0 Å². The lowest BCUT2D eigenvalue weighted by Gasteiger charge is -2.21. The van der Waals surface area contributed by atoms with Gasteiger partial charge in [-0.1, -0.05) is 333 Å². The number of carbonyl (C=O) groups is 1. The average molecular weight is 999 g/mol. The van der Waals surface area contributed by atoms with Crippen LogP contribution in [0.2, 0.25) is 0 Å². The van der Waals surface area contributed by atoms with Crippen LogP contribution < -0.4 is 5.32 Å². The van der Waals surface area contributed by atoms with Crippen LogP contribution in [0.4, 0.5) is 0 Å². The van der Waals surface area contributed by atoms with Crippen molar-refractivity contribution in [2.24, 2.45) is 0 Å². The molecule has 5 nitrogen and oxygen atoms in total. The first-order chi connectivity index (χ1) is 35.1. The highest BCUT2D eigenvalue weighted by Gasteiger charge is 2.22. The van der Waals surface area contributed by atoms with Crippen LogP contribution in [-0.2, 0) is 4.79 Å². The third-order valence-electron chi connectivity index (χ3n) is 15.2. The first-order valence-electron chi connectivity index (χ1n) is 32.3. The maximum atomic E-state index is 12.6. The molecule has 0 aliphatic carbocycles. The fraction of sp³-hybridized carbons (Fsp3) is 0.894. The second kappa shape index (κ2) is 61.1. The van der Waals surface area contributed by atoms with Gasteiger partial charge in [-0.25, -0.2) is 0 Å². The zero-order valence-corrected chi connectivity index (χ0v) is 48.1. The molecule has 420 valence electrons. The van der Waals surface area contributed by atoms with Crippen molar-refractivity contribution in [1.82, 2.24) is 5.32 Å². The van der Waals surface area contributed by atoms with Gasteiger partial charge in [0.25, 0.3) is 0 Å². The van der Waals surface area contributed by atoms with Crippen LogP contribution in [0.1, 0.15) is 354 Å². The maximum absolute atomic E-state index is 12.6. The van der Waals surface area contributed by atoms with Gasteiger partial charge in [0, 0.05) is 0 Å². The number of nitrogens with one attached hydrogen (secondary N) is 1. The third kappa shape index (κ3) is 56.1.